The van der Waals surface area contributed by atoms with Crippen molar-refractivity contribution in [2.75, 3.05) is 26.0 Å². The van der Waals surface area contributed by atoms with Gasteiger partial charge in [0.15, 0.2) is 5.82 Å². The van der Waals surface area contributed by atoms with E-state index in [2.05, 4.69) is 15.5 Å². The highest BCUT2D eigenvalue weighted by Gasteiger charge is 2.18. The van der Waals surface area contributed by atoms with Crippen molar-refractivity contribution in [1.29, 1.82) is 0 Å². The highest BCUT2D eigenvalue weighted by atomic mass is 35.5. The molecule has 1 aromatic carbocycles. The Kier molecular flexibility index (Phi) is 6.61. The highest BCUT2D eigenvalue weighted by Crippen LogP contribution is 2.19. The summed E-state index contributed by atoms with van der Waals surface area (Å²) in [6.45, 7) is 1.23. The van der Waals surface area contributed by atoms with Crippen molar-refractivity contribution >= 4 is 41.5 Å². The molecule has 7 nitrogen and oxygen atoms in total. The van der Waals surface area contributed by atoms with E-state index in [1.807, 2.05) is 19.0 Å². The molecule has 0 amide bonds. The molecule has 0 spiro atoms. The SMILES string of the molecule is CN(C)CCn1nc(Nc2ccc(Cl)cc2)c(C(=O)O)n1.Cl. The summed E-state index contributed by atoms with van der Waals surface area (Å²) < 4.78 is 0. The molecule has 0 fully saturated rings. The van der Waals surface area contributed by atoms with Crippen LogP contribution in [-0.4, -0.2) is 51.6 Å². The van der Waals surface area contributed by atoms with Gasteiger partial charge in [-0.05, 0) is 38.4 Å². The maximum absolute atomic E-state index is 11.2. The fraction of sp³-hybridized carbons (Fsp3) is 0.308. The zero-order chi connectivity index (χ0) is 15.4. The third-order valence-electron chi connectivity index (χ3n) is 2.71. The maximum atomic E-state index is 11.2. The quantitative estimate of drug-likeness (QED) is 0.836. The van der Waals surface area contributed by atoms with Gasteiger partial charge in [-0.15, -0.1) is 22.6 Å². The summed E-state index contributed by atoms with van der Waals surface area (Å²) in [6, 6.07) is 6.90. The Bertz CT molecular complexity index is 628. The van der Waals surface area contributed by atoms with E-state index >= 15 is 0 Å². The fourth-order valence-corrected chi connectivity index (χ4v) is 1.76. The van der Waals surface area contributed by atoms with Gasteiger partial charge in [0.2, 0.25) is 5.69 Å². The van der Waals surface area contributed by atoms with E-state index in [0.29, 0.717) is 23.8 Å². The molecule has 1 aromatic heterocycles. The van der Waals surface area contributed by atoms with E-state index in [9.17, 15) is 9.90 Å². The van der Waals surface area contributed by atoms with Crippen LogP contribution in [0.1, 0.15) is 10.5 Å². The van der Waals surface area contributed by atoms with Gasteiger partial charge in [0.1, 0.15) is 0 Å². The van der Waals surface area contributed by atoms with E-state index in [0.717, 1.165) is 0 Å². The first kappa shape index (κ1) is 18.2. The average molecular weight is 346 g/mol. The molecular formula is C13H17Cl2N5O2. The molecule has 22 heavy (non-hydrogen) atoms. The number of hydrogen-bond acceptors (Lipinski definition) is 5. The number of carbonyl (C=O) groups is 1. The number of likely N-dealkylation sites (N-methyl/N-ethyl adjacent to an activating group) is 1. The number of carboxylic acids is 1. The van der Waals surface area contributed by atoms with E-state index in [4.69, 9.17) is 11.6 Å². The van der Waals surface area contributed by atoms with Crippen LogP contribution in [0.4, 0.5) is 11.5 Å². The molecule has 0 aliphatic carbocycles. The fourth-order valence-electron chi connectivity index (χ4n) is 1.64. The van der Waals surface area contributed by atoms with Crippen LogP contribution in [0.25, 0.3) is 0 Å². The van der Waals surface area contributed by atoms with Gasteiger partial charge in [-0.25, -0.2) is 4.79 Å². The normalized spacial score (nSPS) is 10.4. The molecule has 9 heteroatoms. The van der Waals surface area contributed by atoms with Gasteiger partial charge in [0, 0.05) is 17.3 Å². The lowest BCUT2D eigenvalue weighted by Gasteiger charge is -2.07. The summed E-state index contributed by atoms with van der Waals surface area (Å²) in [5, 5.41) is 20.9. The smallest absolute Gasteiger partial charge is 0.360 e. The average Bonchev–Trinajstić information content (AvgIpc) is 2.82. The van der Waals surface area contributed by atoms with Crippen molar-refractivity contribution in [2.24, 2.45) is 0 Å². The van der Waals surface area contributed by atoms with E-state index in [-0.39, 0.29) is 23.9 Å². The van der Waals surface area contributed by atoms with Gasteiger partial charge < -0.3 is 15.3 Å². The number of hydrogen-bond donors (Lipinski definition) is 2. The maximum Gasteiger partial charge on any atom is 0.360 e. The third-order valence-corrected chi connectivity index (χ3v) is 2.96. The Morgan fingerprint density at radius 1 is 1.32 bits per heavy atom. The summed E-state index contributed by atoms with van der Waals surface area (Å²) in [4.78, 5) is 14.6. The molecule has 1 heterocycles. The molecule has 0 saturated heterocycles. The number of nitrogens with one attached hydrogen (secondary N) is 1. The van der Waals surface area contributed by atoms with E-state index in [1.165, 1.54) is 4.80 Å². The molecule has 2 rings (SSSR count). The third kappa shape index (κ3) is 4.87. The van der Waals surface area contributed by atoms with Crippen LogP contribution in [0.3, 0.4) is 0 Å². The Morgan fingerprint density at radius 2 is 1.95 bits per heavy atom. The molecule has 0 unspecified atom stereocenters. The topological polar surface area (TPSA) is 83.3 Å². The zero-order valence-corrected chi connectivity index (χ0v) is 13.7. The Balaban J connectivity index is 0.00000242. The number of aromatic nitrogens is 3. The first-order valence-corrected chi connectivity index (χ1v) is 6.69. The van der Waals surface area contributed by atoms with Gasteiger partial charge in [-0.1, -0.05) is 11.6 Å². The number of benzene rings is 1. The zero-order valence-electron chi connectivity index (χ0n) is 12.2. The first-order chi connectivity index (χ1) is 9.95. The van der Waals surface area contributed by atoms with Crippen molar-refractivity contribution < 1.29 is 9.90 Å². The number of halogens is 2. The van der Waals surface area contributed by atoms with Crippen molar-refractivity contribution in [3.63, 3.8) is 0 Å². The lowest BCUT2D eigenvalue weighted by molar-refractivity contribution is 0.0690. The standard InChI is InChI=1S/C13H16ClN5O2.ClH/c1-18(2)7-8-19-16-11(13(20)21)12(17-19)15-10-5-3-9(14)4-6-10;/h3-6H,7-8H2,1-2H3,(H,15,17)(H,20,21);1H. The summed E-state index contributed by atoms with van der Waals surface area (Å²) in [7, 11) is 3.85. The van der Waals surface area contributed by atoms with Gasteiger partial charge in [0.05, 0.1) is 6.54 Å². The van der Waals surface area contributed by atoms with E-state index in [1.54, 1.807) is 24.3 Å². The molecule has 0 atom stereocenters. The predicted molar refractivity (Wildman–Crippen MR) is 87.5 cm³/mol. The minimum Gasteiger partial charge on any atom is -0.476 e. The first-order valence-electron chi connectivity index (χ1n) is 6.31. The van der Waals surface area contributed by atoms with Crippen LogP contribution in [0, 0.1) is 0 Å². The highest BCUT2D eigenvalue weighted by molar-refractivity contribution is 6.30. The van der Waals surface area contributed by atoms with E-state index < -0.39 is 5.97 Å². The van der Waals surface area contributed by atoms with Crippen LogP contribution in [0.2, 0.25) is 5.02 Å². The monoisotopic (exact) mass is 345 g/mol. The van der Waals surface area contributed by atoms with Gasteiger partial charge in [-0.3, -0.25) is 0 Å². The summed E-state index contributed by atoms with van der Waals surface area (Å²) in [5.74, 6) is -0.911. The lowest BCUT2D eigenvalue weighted by Crippen LogP contribution is -2.20. The second-order valence-corrected chi connectivity index (χ2v) is 5.17. The predicted octanol–water partition coefficient (Wildman–Crippen LogP) is 2.36. The molecule has 2 N–H and O–H groups in total. The summed E-state index contributed by atoms with van der Waals surface area (Å²) in [5.41, 5.74) is 0.588. The molecule has 0 aliphatic rings. The molecule has 0 aliphatic heterocycles. The molecule has 2 aromatic rings. The van der Waals surface area contributed by atoms with Crippen LogP contribution < -0.4 is 5.32 Å². The van der Waals surface area contributed by atoms with Crippen molar-refractivity contribution in [1.82, 2.24) is 19.9 Å². The van der Waals surface area contributed by atoms with Crippen LogP contribution >= 0.6 is 24.0 Å². The number of anilines is 2. The van der Waals surface area contributed by atoms with Gasteiger partial charge in [0.25, 0.3) is 0 Å². The molecule has 0 radical (unpaired) electrons. The second kappa shape index (κ2) is 7.98. The van der Waals surface area contributed by atoms with Gasteiger partial charge >= 0.3 is 5.97 Å². The Morgan fingerprint density at radius 3 is 2.50 bits per heavy atom. The second-order valence-electron chi connectivity index (χ2n) is 4.73. The van der Waals surface area contributed by atoms with Crippen LogP contribution in [-0.2, 0) is 6.54 Å². The molecule has 120 valence electrons. The largest absolute Gasteiger partial charge is 0.476 e. The van der Waals surface area contributed by atoms with Crippen molar-refractivity contribution in [2.45, 2.75) is 6.54 Å². The lowest BCUT2D eigenvalue weighted by atomic mass is 10.3. The number of rotatable bonds is 6. The van der Waals surface area contributed by atoms with Crippen molar-refractivity contribution in [3.05, 3.63) is 35.0 Å². The number of nitrogens with zero attached hydrogens (tertiary/aromatic N) is 4. The molecule has 0 bridgehead atoms. The summed E-state index contributed by atoms with van der Waals surface area (Å²) >= 11 is 5.81. The molecular weight excluding hydrogens is 329 g/mol. The van der Waals surface area contributed by atoms with Crippen LogP contribution in [0.15, 0.2) is 24.3 Å². The summed E-state index contributed by atoms with van der Waals surface area (Å²) in [6.07, 6.45) is 0. The Hall–Kier alpha value is -1.83. The molecule has 0 saturated carbocycles. The minimum atomic E-state index is -1.12. The number of aromatic carboxylic acids is 1. The van der Waals surface area contributed by atoms with Gasteiger partial charge in [-0.2, -0.15) is 4.80 Å². The van der Waals surface area contributed by atoms with Crippen LogP contribution in [0.5, 0.6) is 0 Å². The minimum absolute atomic E-state index is 0. The number of carboxylic acid groups (broad SMARTS) is 1. The van der Waals surface area contributed by atoms with Crippen molar-refractivity contribution in [3.8, 4) is 0 Å². The Labute approximate surface area is 139 Å².